The smallest absolute Gasteiger partial charge is 0.244 e. The monoisotopic (exact) mass is 279 g/mol. The summed E-state index contributed by atoms with van der Waals surface area (Å²) >= 11 is 0. The minimum Gasteiger partial charge on any atom is -0.462 e. The zero-order valence-electron chi connectivity index (χ0n) is 11.7. The van der Waals surface area contributed by atoms with Gasteiger partial charge in [-0.2, -0.15) is 0 Å². The number of hydrogen-bond acceptors (Lipinski definition) is 4. The van der Waals surface area contributed by atoms with Gasteiger partial charge in [0.05, 0.1) is 12.7 Å². The lowest BCUT2D eigenvalue weighted by atomic mass is 10.3. The minimum atomic E-state index is -0.669. The first-order valence-electron chi connectivity index (χ1n) is 6.91. The van der Waals surface area contributed by atoms with E-state index < -0.39 is 6.10 Å². The average Bonchev–Trinajstić information content (AvgIpc) is 3.15. The number of rotatable bonds is 8. The van der Waals surface area contributed by atoms with E-state index in [2.05, 4.69) is 5.32 Å². The minimum absolute atomic E-state index is 0.186. The van der Waals surface area contributed by atoms with Gasteiger partial charge in [0, 0.05) is 19.2 Å². The van der Waals surface area contributed by atoms with Crippen molar-refractivity contribution < 1.29 is 19.1 Å². The fourth-order valence-electron chi connectivity index (χ4n) is 1.69. The van der Waals surface area contributed by atoms with Crippen LogP contribution in [0.15, 0.2) is 22.6 Å². The van der Waals surface area contributed by atoms with Crippen LogP contribution >= 0.6 is 0 Å². The number of furan rings is 1. The van der Waals surface area contributed by atoms with Crippen LogP contribution in [0.2, 0.25) is 0 Å². The van der Waals surface area contributed by atoms with Crippen molar-refractivity contribution in [3.8, 4) is 0 Å². The summed E-state index contributed by atoms with van der Waals surface area (Å²) in [5.41, 5.74) is 0. The lowest BCUT2D eigenvalue weighted by molar-refractivity contribution is -0.117. The second-order valence-corrected chi connectivity index (χ2v) is 5.16. The number of carbonyl (C=O) groups is 1. The van der Waals surface area contributed by atoms with Crippen molar-refractivity contribution in [2.75, 3.05) is 19.8 Å². The molecule has 0 aliphatic heterocycles. The first-order chi connectivity index (χ1) is 9.63. The van der Waals surface area contributed by atoms with Gasteiger partial charge in [-0.15, -0.1) is 0 Å². The highest BCUT2D eigenvalue weighted by Gasteiger charge is 2.21. The Morgan fingerprint density at radius 1 is 1.60 bits per heavy atom. The number of ether oxygens (including phenoxy) is 1. The highest BCUT2D eigenvalue weighted by atomic mass is 16.5. The standard InChI is InChI=1S/C15H21NO4/c1-11-2-5-14(20-11)6-7-15(18)16-8-13(17)10-19-9-12-3-4-12/h2,5-7,12-13,17H,3-4,8-10H2,1H3,(H,16,18)/b7-6+. The van der Waals surface area contributed by atoms with E-state index in [0.717, 1.165) is 5.76 Å². The maximum absolute atomic E-state index is 11.5. The molecule has 20 heavy (non-hydrogen) atoms. The Hall–Kier alpha value is -1.59. The molecular formula is C15H21NO4. The van der Waals surface area contributed by atoms with Gasteiger partial charge >= 0.3 is 0 Å². The third-order valence-electron chi connectivity index (χ3n) is 3.03. The Bertz CT molecular complexity index is 462. The lowest BCUT2D eigenvalue weighted by Gasteiger charge is -2.11. The molecule has 0 saturated heterocycles. The van der Waals surface area contributed by atoms with Gasteiger partial charge in [0.2, 0.25) is 5.91 Å². The van der Waals surface area contributed by atoms with Crippen molar-refractivity contribution in [1.82, 2.24) is 5.32 Å². The molecule has 1 aromatic heterocycles. The van der Waals surface area contributed by atoms with E-state index >= 15 is 0 Å². The summed E-state index contributed by atoms with van der Waals surface area (Å²) in [6, 6.07) is 3.62. The molecule has 1 unspecified atom stereocenters. The number of nitrogens with one attached hydrogen (secondary N) is 1. The zero-order valence-corrected chi connectivity index (χ0v) is 11.7. The first kappa shape index (κ1) is 14.8. The van der Waals surface area contributed by atoms with E-state index in [-0.39, 0.29) is 19.1 Å². The van der Waals surface area contributed by atoms with E-state index in [9.17, 15) is 9.90 Å². The topological polar surface area (TPSA) is 71.7 Å². The molecule has 1 aromatic rings. The maximum atomic E-state index is 11.5. The van der Waals surface area contributed by atoms with Crippen LogP contribution in [0.3, 0.4) is 0 Å². The molecule has 0 bridgehead atoms. The van der Waals surface area contributed by atoms with E-state index in [1.54, 1.807) is 12.1 Å². The number of aliphatic hydroxyl groups excluding tert-OH is 1. The molecule has 0 aromatic carbocycles. The summed E-state index contributed by atoms with van der Waals surface area (Å²) in [6.07, 6.45) is 4.76. The number of aryl methyl sites for hydroxylation is 1. The second kappa shape index (κ2) is 7.26. The van der Waals surface area contributed by atoms with Crippen molar-refractivity contribution in [2.24, 2.45) is 5.92 Å². The SMILES string of the molecule is Cc1ccc(/C=C/C(=O)NCC(O)COCC2CC2)o1. The summed E-state index contributed by atoms with van der Waals surface area (Å²) < 4.78 is 10.7. The van der Waals surface area contributed by atoms with Gasteiger partial charge in [-0.1, -0.05) is 0 Å². The molecule has 5 nitrogen and oxygen atoms in total. The lowest BCUT2D eigenvalue weighted by Crippen LogP contribution is -2.33. The maximum Gasteiger partial charge on any atom is 0.244 e. The Morgan fingerprint density at radius 3 is 3.05 bits per heavy atom. The van der Waals surface area contributed by atoms with Crippen LogP contribution in [0, 0.1) is 12.8 Å². The van der Waals surface area contributed by atoms with Crippen LogP contribution in [-0.2, 0) is 9.53 Å². The number of hydrogen-bond donors (Lipinski definition) is 2. The Balaban J connectivity index is 1.59. The Morgan fingerprint density at radius 2 is 2.40 bits per heavy atom. The fraction of sp³-hybridized carbons (Fsp3) is 0.533. The zero-order chi connectivity index (χ0) is 14.4. The van der Waals surface area contributed by atoms with Crippen LogP contribution in [0.25, 0.3) is 6.08 Å². The average molecular weight is 279 g/mol. The molecule has 2 N–H and O–H groups in total. The molecule has 1 heterocycles. The van der Waals surface area contributed by atoms with Gasteiger partial charge in [0.15, 0.2) is 0 Å². The molecule has 1 aliphatic rings. The quantitative estimate of drug-likeness (QED) is 0.707. The molecule has 1 aliphatic carbocycles. The van der Waals surface area contributed by atoms with Gasteiger partial charge in [-0.25, -0.2) is 0 Å². The number of aliphatic hydroxyl groups is 1. The third kappa shape index (κ3) is 5.59. The first-order valence-corrected chi connectivity index (χ1v) is 6.91. The molecule has 1 atom stereocenters. The molecule has 5 heteroatoms. The highest BCUT2D eigenvalue weighted by molar-refractivity contribution is 5.91. The van der Waals surface area contributed by atoms with E-state index in [1.807, 2.05) is 13.0 Å². The molecule has 0 radical (unpaired) electrons. The number of carbonyl (C=O) groups excluding carboxylic acids is 1. The predicted molar refractivity (Wildman–Crippen MR) is 75.0 cm³/mol. The van der Waals surface area contributed by atoms with Gasteiger partial charge in [0.25, 0.3) is 0 Å². The summed E-state index contributed by atoms with van der Waals surface area (Å²) in [7, 11) is 0. The molecule has 0 spiro atoms. The van der Waals surface area contributed by atoms with Crippen LogP contribution < -0.4 is 5.32 Å². The molecule has 110 valence electrons. The molecular weight excluding hydrogens is 258 g/mol. The summed E-state index contributed by atoms with van der Waals surface area (Å²) in [5, 5.41) is 12.3. The van der Waals surface area contributed by atoms with E-state index in [0.29, 0.717) is 18.3 Å². The highest BCUT2D eigenvalue weighted by Crippen LogP contribution is 2.28. The van der Waals surface area contributed by atoms with Gasteiger partial charge in [0.1, 0.15) is 11.5 Å². The van der Waals surface area contributed by atoms with Crippen LogP contribution in [0.1, 0.15) is 24.4 Å². The van der Waals surface area contributed by atoms with E-state index in [1.165, 1.54) is 18.9 Å². The van der Waals surface area contributed by atoms with E-state index in [4.69, 9.17) is 9.15 Å². The van der Waals surface area contributed by atoms with Gasteiger partial charge in [-0.05, 0) is 43.9 Å². The fourth-order valence-corrected chi connectivity index (χ4v) is 1.69. The predicted octanol–water partition coefficient (Wildman–Crippen LogP) is 1.50. The Labute approximate surface area is 118 Å². The molecule has 1 saturated carbocycles. The molecule has 1 fully saturated rings. The summed E-state index contributed by atoms with van der Waals surface area (Å²) in [5.74, 6) is 1.84. The van der Waals surface area contributed by atoms with Crippen molar-refractivity contribution in [3.05, 3.63) is 29.7 Å². The summed E-state index contributed by atoms with van der Waals surface area (Å²) in [4.78, 5) is 11.5. The van der Waals surface area contributed by atoms with Crippen LogP contribution in [-0.4, -0.2) is 36.9 Å². The van der Waals surface area contributed by atoms with Crippen molar-refractivity contribution in [3.63, 3.8) is 0 Å². The Kier molecular flexibility index (Phi) is 5.38. The number of amides is 1. The van der Waals surface area contributed by atoms with Crippen LogP contribution in [0.4, 0.5) is 0 Å². The van der Waals surface area contributed by atoms with Crippen molar-refractivity contribution >= 4 is 12.0 Å². The summed E-state index contributed by atoms with van der Waals surface area (Å²) in [6.45, 7) is 3.00. The van der Waals surface area contributed by atoms with Crippen molar-refractivity contribution in [1.29, 1.82) is 0 Å². The normalized spacial score (nSPS) is 16.5. The second-order valence-electron chi connectivity index (χ2n) is 5.16. The van der Waals surface area contributed by atoms with Crippen molar-refractivity contribution in [2.45, 2.75) is 25.9 Å². The van der Waals surface area contributed by atoms with Crippen LogP contribution in [0.5, 0.6) is 0 Å². The van der Waals surface area contributed by atoms with Gasteiger partial charge in [-0.3, -0.25) is 4.79 Å². The molecule has 1 amide bonds. The largest absolute Gasteiger partial charge is 0.462 e. The molecule has 2 rings (SSSR count). The van der Waals surface area contributed by atoms with Gasteiger partial charge < -0.3 is 19.6 Å². The third-order valence-corrected chi connectivity index (χ3v) is 3.03.